The van der Waals surface area contributed by atoms with E-state index in [4.69, 9.17) is 16.6 Å². The highest BCUT2D eigenvalue weighted by molar-refractivity contribution is 7.89. The molecule has 9 heteroatoms. The molecule has 29 heavy (non-hydrogen) atoms. The van der Waals surface area contributed by atoms with Crippen molar-refractivity contribution in [3.05, 3.63) is 65.7 Å². The predicted octanol–water partition coefficient (Wildman–Crippen LogP) is 3.50. The molecule has 0 amide bonds. The molecule has 7 nitrogen and oxygen atoms in total. The van der Waals surface area contributed by atoms with Crippen LogP contribution in [0.3, 0.4) is 0 Å². The van der Waals surface area contributed by atoms with Gasteiger partial charge in [-0.25, -0.2) is 22.9 Å². The zero-order chi connectivity index (χ0) is 20.0. The standard InChI is InChI=1S/C20H18ClN5O2S/c21-15-5-7-16(8-6-15)29(27,28)25-11-9-14(10-12-25)19-23-20-17-3-1-2-4-18(17)22-13-26(20)24-19/h1-8,13-14H,9-12H2. The third-order valence-electron chi connectivity index (χ3n) is 5.37. The molecule has 0 radical (unpaired) electrons. The van der Waals surface area contributed by atoms with Crippen molar-refractivity contribution >= 4 is 38.2 Å². The summed E-state index contributed by atoms with van der Waals surface area (Å²) in [7, 11) is -3.52. The van der Waals surface area contributed by atoms with E-state index in [1.165, 1.54) is 4.31 Å². The van der Waals surface area contributed by atoms with Crippen LogP contribution in [-0.2, 0) is 10.0 Å². The van der Waals surface area contributed by atoms with Gasteiger partial charge < -0.3 is 0 Å². The van der Waals surface area contributed by atoms with Crippen molar-refractivity contribution in [2.75, 3.05) is 13.1 Å². The van der Waals surface area contributed by atoms with E-state index >= 15 is 0 Å². The summed E-state index contributed by atoms with van der Waals surface area (Å²) in [5.74, 6) is 0.858. The Balaban J connectivity index is 1.38. The van der Waals surface area contributed by atoms with Crippen LogP contribution < -0.4 is 0 Å². The molecule has 5 rings (SSSR count). The van der Waals surface area contributed by atoms with Crippen molar-refractivity contribution < 1.29 is 8.42 Å². The molecule has 1 saturated heterocycles. The van der Waals surface area contributed by atoms with E-state index < -0.39 is 10.0 Å². The normalized spacial score (nSPS) is 16.6. The molecule has 0 saturated carbocycles. The molecule has 1 fully saturated rings. The summed E-state index contributed by atoms with van der Waals surface area (Å²) in [4.78, 5) is 9.43. The summed E-state index contributed by atoms with van der Waals surface area (Å²) in [6, 6.07) is 14.1. The number of hydrogen-bond donors (Lipinski definition) is 0. The topological polar surface area (TPSA) is 80.5 Å². The molecule has 0 N–H and O–H groups in total. The lowest BCUT2D eigenvalue weighted by molar-refractivity contribution is 0.313. The molecule has 1 aliphatic rings. The molecule has 2 aromatic heterocycles. The first-order chi connectivity index (χ1) is 14.0. The van der Waals surface area contributed by atoms with E-state index in [1.54, 1.807) is 35.1 Å². The van der Waals surface area contributed by atoms with Crippen LogP contribution in [0.2, 0.25) is 5.02 Å². The van der Waals surface area contributed by atoms with Crippen LogP contribution >= 0.6 is 11.6 Å². The van der Waals surface area contributed by atoms with E-state index in [0.717, 1.165) is 22.4 Å². The van der Waals surface area contributed by atoms with Crippen LogP contribution in [0.4, 0.5) is 0 Å². The molecule has 3 heterocycles. The van der Waals surface area contributed by atoms with E-state index in [2.05, 4.69) is 10.1 Å². The molecule has 0 unspecified atom stereocenters. The molecule has 148 valence electrons. The molecule has 0 bridgehead atoms. The molecule has 0 spiro atoms. The Labute approximate surface area is 173 Å². The number of fused-ring (bicyclic) bond motifs is 3. The Hall–Kier alpha value is -2.55. The van der Waals surface area contributed by atoms with Gasteiger partial charge in [0.2, 0.25) is 10.0 Å². The Morgan fingerprint density at radius 1 is 1.00 bits per heavy atom. The van der Waals surface area contributed by atoms with Crippen LogP contribution in [0.5, 0.6) is 0 Å². The molecule has 2 aromatic carbocycles. The highest BCUT2D eigenvalue weighted by Crippen LogP contribution is 2.30. The highest BCUT2D eigenvalue weighted by atomic mass is 35.5. The number of halogens is 1. The minimum Gasteiger partial charge on any atom is -0.236 e. The number of para-hydroxylation sites is 1. The second-order valence-corrected chi connectivity index (χ2v) is 9.51. The maximum atomic E-state index is 12.9. The molecule has 0 atom stereocenters. The lowest BCUT2D eigenvalue weighted by Gasteiger charge is -2.29. The summed E-state index contributed by atoms with van der Waals surface area (Å²) in [6.45, 7) is 0.869. The predicted molar refractivity (Wildman–Crippen MR) is 110 cm³/mol. The Morgan fingerprint density at radius 2 is 1.72 bits per heavy atom. The van der Waals surface area contributed by atoms with Gasteiger partial charge in [-0.2, -0.15) is 4.31 Å². The van der Waals surface area contributed by atoms with Gasteiger partial charge >= 0.3 is 0 Å². The number of benzene rings is 2. The minimum absolute atomic E-state index is 0.116. The highest BCUT2D eigenvalue weighted by Gasteiger charge is 2.31. The number of hydrogen-bond acceptors (Lipinski definition) is 5. The quantitative estimate of drug-likeness (QED) is 0.500. The van der Waals surface area contributed by atoms with Crippen LogP contribution in [0.1, 0.15) is 24.6 Å². The monoisotopic (exact) mass is 427 g/mol. The summed E-state index contributed by atoms with van der Waals surface area (Å²) in [6.07, 6.45) is 3.03. The van der Waals surface area contributed by atoms with E-state index in [9.17, 15) is 8.42 Å². The van der Waals surface area contributed by atoms with Gasteiger partial charge in [-0.05, 0) is 49.2 Å². The summed E-state index contributed by atoms with van der Waals surface area (Å²) < 4.78 is 29.0. The van der Waals surface area contributed by atoms with Crippen LogP contribution in [0.15, 0.2) is 59.8 Å². The lowest BCUT2D eigenvalue weighted by atomic mass is 9.98. The van der Waals surface area contributed by atoms with Crippen molar-refractivity contribution in [2.24, 2.45) is 0 Å². The number of aromatic nitrogens is 4. The summed E-state index contributed by atoms with van der Waals surface area (Å²) in [5.41, 5.74) is 1.66. The van der Waals surface area contributed by atoms with Crippen molar-refractivity contribution in [1.82, 2.24) is 23.9 Å². The van der Waals surface area contributed by atoms with Gasteiger partial charge in [-0.3, -0.25) is 0 Å². The van der Waals surface area contributed by atoms with Gasteiger partial charge in [0, 0.05) is 29.4 Å². The molecular formula is C20H18ClN5O2S. The maximum absolute atomic E-state index is 12.9. The second-order valence-electron chi connectivity index (χ2n) is 7.13. The van der Waals surface area contributed by atoms with Crippen LogP contribution in [0, 0.1) is 0 Å². The van der Waals surface area contributed by atoms with Crippen LogP contribution in [0.25, 0.3) is 16.6 Å². The van der Waals surface area contributed by atoms with Crippen molar-refractivity contribution in [2.45, 2.75) is 23.7 Å². The Morgan fingerprint density at radius 3 is 2.48 bits per heavy atom. The van der Waals surface area contributed by atoms with Crippen molar-refractivity contribution in [3.63, 3.8) is 0 Å². The lowest BCUT2D eigenvalue weighted by Crippen LogP contribution is -2.38. The fraction of sp³-hybridized carbons (Fsp3) is 0.250. The number of nitrogens with zero attached hydrogens (tertiary/aromatic N) is 5. The summed E-state index contributed by atoms with van der Waals surface area (Å²) in [5, 5.41) is 6.07. The molecule has 1 aliphatic heterocycles. The fourth-order valence-electron chi connectivity index (χ4n) is 3.78. The first-order valence-corrected chi connectivity index (χ1v) is 11.2. The minimum atomic E-state index is -3.52. The largest absolute Gasteiger partial charge is 0.243 e. The summed E-state index contributed by atoms with van der Waals surface area (Å²) >= 11 is 5.88. The van der Waals surface area contributed by atoms with Gasteiger partial charge in [0.05, 0.1) is 10.4 Å². The number of rotatable bonds is 3. The average molecular weight is 428 g/mol. The first-order valence-electron chi connectivity index (χ1n) is 9.38. The Kier molecular flexibility index (Phi) is 4.49. The van der Waals surface area contributed by atoms with E-state index in [0.29, 0.717) is 31.0 Å². The average Bonchev–Trinajstić information content (AvgIpc) is 3.19. The van der Waals surface area contributed by atoms with Crippen LogP contribution in [-0.4, -0.2) is 45.4 Å². The van der Waals surface area contributed by atoms with Gasteiger partial charge in [-0.15, -0.1) is 5.10 Å². The van der Waals surface area contributed by atoms with Crippen molar-refractivity contribution in [3.8, 4) is 0 Å². The van der Waals surface area contributed by atoms with Gasteiger partial charge in [0.25, 0.3) is 0 Å². The fourth-order valence-corrected chi connectivity index (χ4v) is 5.37. The van der Waals surface area contributed by atoms with E-state index in [-0.39, 0.29) is 10.8 Å². The maximum Gasteiger partial charge on any atom is 0.243 e. The second kappa shape index (κ2) is 7.05. The smallest absolute Gasteiger partial charge is 0.236 e. The SMILES string of the molecule is O=S(=O)(c1ccc(Cl)cc1)N1CCC(c2nc3c4ccccc4ncn3n2)CC1. The molecule has 0 aliphatic carbocycles. The third-order valence-corrected chi connectivity index (χ3v) is 7.53. The Bertz CT molecular complexity index is 1300. The van der Waals surface area contributed by atoms with E-state index in [1.807, 2.05) is 24.3 Å². The zero-order valence-electron chi connectivity index (χ0n) is 15.4. The van der Waals surface area contributed by atoms with Gasteiger partial charge in [0.15, 0.2) is 11.5 Å². The van der Waals surface area contributed by atoms with Gasteiger partial charge in [-0.1, -0.05) is 23.7 Å². The molecule has 4 aromatic rings. The first kappa shape index (κ1) is 18.5. The zero-order valence-corrected chi connectivity index (χ0v) is 17.0. The number of piperidine rings is 1. The third kappa shape index (κ3) is 3.27. The molecular weight excluding hydrogens is 410 g/mol. The number of sulfonamides is 1. The van der Waals surface area contributed by atoms with Gasteiger partial charge in [0.1, 0.15) is 6.33 Å². The van der Waals surface area contributed by atoms with Crippen molar-refractivity contribution in [1.29, 1.82) is 0 Å².